The summed E-state index contributed by atoms with van der Waals surface area (Å²) in [5, 5.41) is 0. The number of hydrogen-bond acceptors (Lipinski definition) is 4. The molecule has 0 atom stereocenters. The number of ether oxygens (including phenoxy) is 2. The van der Waals surface area contributed by atoms with Crippen LogP contribution >= 0.6 is 0 Å². The smallest absolute Gasteiger partial charge is 0.231 e. The Kier molecular flexibility index (Phi) is 2.09. The second-order valence-corrected chi connectivity index (χ2v) is 4.82. The Morgan fingerprint density at radius 1 is 1.22 bits per heavy atom. The number of para-hydroxylation sites is 1. The molecule has 1 aliphatic carbocycles. The lowest BCUT2D eigenvalue weighted by atomic mass is 10.1. The van der Waals surface area contributed by atoms with Gasteiger partial charge in [-0.2, -0.15) is 0 Å². The fraction of sp³-hybridized carbons (Fsp3) is 0.357. The Labute approximate surface area is 105 Å². The van der Waals surface area contributed by atoms with E-state index in [0.717, 1.165) is 40.9 Å². The molecule has 4 heteroatoms. The molecule has 0 N–H and O–H groups in total. The van der Waals surface area contributed by atoms with Crippen LogP contribution in [-0.2, 0) is 6.42 Å². The molecule has 2 heterocycles. The Hall–Kier alpha value is -1.97. The van der Waals surface area contributed by atoms with Crippen LogP contribution in [0.15, 0.2) is 29.0 Å². The first kappa shape index (κ1) is 10.00. The molecule has 2 aromatic rings. The molecule has 92 valence electrons. The van der Waals surface area contributed by atoms with E-state index in [2.05, 4.69) is 4.98 Å². The summed E-state index contributed by atoms with van der Waals surface area (Å²) >= 11 is 0. The monoisotopic (exact) mass is 243 g/mol. The predicted molar refractivity (Wildman–Crippen MR) is 64.5 cm³/mol. The summed E-state index contributed by atoms with van der Waals surface area (Å²) in [6.45, 7) is 0.276. The highest BCUT2D eigenvalue weighted by atomic mass is 16.7. The number of benzene rings is 1. The van der Waals surface area contributed by atoms with E-state index in [-0.39, 0.29) is 6.79 Å². The van der Waals surface area contributed by atoms with Gasteiger partial charge in [-0.3, -0.25) is 0 Å². The average molecular weight is 243 g/mol. The van der Waals surface area contributed by atoms with Gasteiger partial charge < -0.3 is 13.9 Å². The molecule has 4 rings (SSSR count). The topological polar surface area (TPSA) is 44.5 Å². The third-order valence-electron chi connectivity index (χ3n) is 3.46. The molecular formula is C14H13NO3. The van der Waals surface area contributed by atoms with Gasteiger partial charge in [0.05, 0.1) is 11.3 Å². The van der Waals surface area contributed by atoms with E-state index in [1.54, 1.807) is 0 Å². The van der Waals surface area contributed by atoms with Gasteiger partial charge in [0, 0.05) is 0 Å². The highest BCUT2D eigenvalue weighted by Gasteiger charge is 2.27. The summed E-state index contributed by atoms with van der Waals surface area (Å²) in [5.74, 6) is 3.15. The molecule has 4 nitrogen and oxygen atoms in total. The number of fused-ring (bicyclic) bond motifs is 1. The summed E-state index contributed by atoms with van der Waals surface area (Å²) in [6, 6.07) is 5.85. The molecule has 0 spiro atoms. The normalized spacial score (nSPS) is 17.1. The molecule has 0 bridgehead atoms. The van der Waals surface area contributed by atoms with Gasteiger partial charge in [-0.05, 0) is 37.3 Å². The Morgan fingerprint density at radius 3 is 3.06 bits per heavy atom. The minimum Gasteiger partial charge on any atom is -0.454 e. The molecule has 18 heavy (non-hydrogen) atoms. The molecule has 0 radical (unpaired) electrons. The molecule has 2 aliphatic rings. The molecule has 1 saturated carbocycles. The molecule has 0 unspecified atom stereocenters. The van der Waals surface area contributed by atoms with Crippen LogP contribution in [0.2, 0.25) is 0 Å². The molecule has 1 aliphatic heterocycles. The Bertz CT molecular complexity index is 586. The molecule has 0 amide bonds. The van der Waals surface area contributed by atoms with Crippen molar-refractivity contribution in [2.45, 2.75) is 19.3 Å². The number of hydrogen-bond donors (Lipinski definition) is 0. The first-order valence-corrected chi connectivity index (χ1v) is 6.23. The second-order valence-electron chi connectivity index (χ2n) is 4.82. The van der Waals surface area contributed by atoms with Crippen LogP contribution in [0.1, 0.15) is 18.5 Å². The van der Waals surface area contributed by atoms with Crippen LogP contribution in [0, 0.1) is 5.92 Å². The van der Waals surface area contributed by atoms with E-state index >= 15 is 0 Å². The second kappa shape index (κ2) is 3.77. The molecular weight excluding hydrogens is 230 g/mol. The molecule has 1 aromatic carbocycles. The lowest BCUT2D eigenvalue weighted by Crippen LogP contribution is -1.94. The van der Waals surface area contributed by atoms with Gasteiger partial charge in [-0.15, -0.1) is 0 Å². The zero-order valence-corrected chi connectivity index (χ0v) is 9.89. The number of rotatable bonds is 3. The first-order valence-electron chi connectivity index (χ1n) is 6.23. The van der Waals surface area contributed by atoms with Gasteiger partial charge >= 0.3 is 0 Å². The van der Waals surface area contributed by atoms with Crippen LogP contribution in [-0.4, -0.2) is 11.8 Å². The van der Waals surface area contributed by atoms with E-state index in [1.807, 2.05) is 18.2 Å². The summed E-state index contributed by atoms with van der Waals surface area (Å²) < 4.78 is 16.5. The minimum absolute atomic E-state index is 0.276. The Balaban J connectivity index is 1.78. The van der Waals surface area contributed by atoms with E-state index < -0.39 is 0 Å². The third-order valence-corrected chi connectivity index (χ3v) is 3.46. The van der Waals surface area contributed by atoms with Crippen molar-refractivity contribution in [2.24, 2.45) is 5.92 Å². The third kappa shape index (κ3) is 1.56. The van der Waals surface area contributed by atoms with Crippen molar-refractivity contribution in [3.05, 3.63) is 30.3 Å². The zero-order chi connectivity index (χ0) is 11.9. The lowest BCUT2D eigenvalue weighted by molar-refractivity contribution is 0.174. The maximum absolute atomic E-state index is 5.56. The van der Waals surface area contributed by atoms with Crippen molar-refractivity contribution in [1.82, 2.24) is 4.98 Å². The van der Waals surface area contributed by atoms with E-state index in [4.69, 9.17) is 13.9 Å². The number of aromatic nitrogens is 1. The predicted octanol–water partition coefficient (Wildman–Crippen LogP) is 3.02. The maximum atomic E-state index is 5.56. The highest BCUT2D eigenvalue weighted by Crippen LogP contribution is 2.43. The van der Waals surface area contributed by atoms with Gasteiger partial charge in [0.15, 0.2) is 23.7 Å². The van der Waals surface area contributed by atoms with Crippen LogP contribution in [0.3, 0.4) is 0 Å². The van der Waals surface area contributed by atoms with E-state index in [9.17, 15) is 0 Å². The largest absolute Gasteiger partial charge is 0.454 e. The zero-order valence-electron chi connectivity index (χ0n) is 9.89. The molecule has 1 fully saturated rings. The summed E-state index contributed by atoms with van der Waals surface area (Å²) in [6.07, 6.45) is 5.12. The van der Waals surface area contributed by atoms with Crippen molar-refractivity contribution in [3.8, 4) is 22.8 Å². The van der Waals surface area contributed by atoms with Crippen molar-refractivity contribution < 1.29 is 13.9 Å². The van der Waals surface area contributed by atoms with Crippen LogP contribution in [0.5, 0.6) is 11.5 Å². The number of nitrogens with zero attached hydrogens (tertiary/aromatic N) is 1. The van der Waals surface area contributed by atoms with Gasteiger partial charge in [-0.25, -0.2) is 4.98 Å². The average Bonchev–Trinajstić information content (AvgIpc) is 2.91. The van der Waals surface area contributed by atoms with Crippen LogP contribution < -0.4 is 9.47 Å². The first-order chi connectivity index (χ1) is 8.92. The molecule has 1 aromatic heterocycles. The summed E-state index contributed by atoms with van der Waals surface area (Å²) in [4.78, 5) is 4.34. The standard InChI is InChI=1S/C14H13NO3/c1-2-10(14-12(3-1)17-8-18-14)13-11(15-7-16-13)6-9-4-5-9/h1-3,7,9H,4-6,8H2. The van der Waals surface area contributed by atoms with Crippen molar-refractivity contribution in [3.63, 3.8) is 0 Å². The van der Waals surface area contributed by atoms with E-state index in [0.29, 0.717) is 0 Å². The van der Waals surface area contributed by atoms with Crippen molar-refractivity contribution in [1.29, 1.82) is 0 Å². The summed E-state index contributed by atoms with van der Waals surface area (Å²) in [5.41, 5.74) is 1.97. The van der Waals surface area contributed by atoms with Crippen molar-refractivity contribution >= 4 is 0 Å². The minimum atomic E-state index is 0.276. The highest BCUT2D eigenvalue weighted by molar-refractivity contribution is 5.72. The van der Waals surface area contributed by atoms with Crippen molar-refractivity contribution in [2.75, 3.05) is 6.79 Å². The van der Waals surface area contributed by atoms with Crippen LogP contribution in [0.4, 0.5) is 0 Å². The Morgan fingerprint density at radius 2 is 2.17 bits per heavy atom. The quantitative estimate of drug-likeness (QED) is 0.831. The molecule has 0 saturated heterocycles. The van der Waals surface area contributed by atoms with E-state index in [1.165, 1.54) is 19.2 Å². The lowest BCUT2D eigenvalue weighted by Gasteiger charge is -2.04. The fourth-order valence-corrected chi connectivity index (χ4v) is 2.34. The summed E-state index contributed by atoms with van der Waals surface area (Å²) in [7, 11) is 0. The fourth-order valence-electron chi connectivity index (χ4n) is 2.34. The van der Waals surface area contributed by atoms with Gasteiger partial charge in [-0.1, -0.05) is 6.07 Å². The van der Waals surface area contributed by atoms with Gasteiger partial charge in [0.25, 0.3) is 0 Å². The SMILES string of the molecule is c1cc2c(c(-c3ocnc3CC3CC3)c1)OCO2. The van der Waals surface area contributed by atoms with Crippen LogP contribution in [0.25, 0.3) is 11.3 Å². The van der Waals surface area contributed by atoms with Gasteiger partial charge in [0.2, 0.25) is 6.79 Å². The maximum Gasteiger partial charge on any atom is 0.231 e. The van der Waals surface area contributed by atoms with Gasteiger partial charge in [0.1, 0.15) is 0 Å². The number of oxazole rings is 1.